The summed E-state index contributed by atoms with van der Waals surface area (Å²) in [7, 11) is 0. The van der Waals surface area contributed by atoms with Crippen LogP contribution in [0.3, 0.4) is 0 Å². The number of halogens is 1. The number of carbonyl (C=O) groups is 3. The second-order valence-corrected chi connectivity index (χ2v) is 10.6. The minimum atomic E-state index is -0.431. The number of thiazole rings is 1. The van der Waals surface area contributed by atoms with Crippen LogP contribution in [0, 0.1) is 0 Å². The number of aromatic nitrogens is 1. The van der Waals surface area contributed by atoms with Crippen molar-refractivity contribution in [3.63, 3.8) is 0 Å². The van der Waals surface area contributed by atoms with Gasteiger partial charge in [-0.2, -0.15) is 0 Å². The number of piperazine rings is 1. The number of nitrogens with zero attached hydrogens (tertiary/aromatic N) is 4. The van der Waals surface area contributed by atoms with Crippen LogP contribution in [-0.2, 0) is 9.53 Å². The largest absolute Gasteiger partial charge is 0.447 e. The van der Waals surface area contributed by atoms with E-state index in [-0.39, 0.29) is 17.6 Å². The van der Waals surface area contributed by atoms with E-state index in [1.807, 2.05) is 10.3 Å². The van der Waals surface area contributed by atoms with Crippen LogP contribution in [0.25, 0.3) is 0 Å². The van der Waals surface area contributed by atoms with Gasteiger partial charge in [0.15, 0.2) is 5.13 Å². The fourth-order valence-electron chi connectivity index (χ4n) is 4.16. The number of alkyl carbamates (subject to hydrolysis) is 1. The molecule has 0 bridgehead atoms. The zero-order chi connectivity index (χ0) is 23.0. The average Bonchev–Trinajstić information content (AvgIpc) is 3.47. The fraction of sp³-hybridized carbons (Fsp3) is 0.429. The molecule has 0 atom stereocenters. The van der Waals surface area contributed by atoms with Crippen molar-refractivity contribution in [1.82, 2.24) is 20.1 Å². The SMILES string of the molecule is O=C1NC2(CO1)CN(C(=O)CSc1ccc(C(=O)N3CCN(c4nccs4)CC3)cc1Cl)C2. The summed E-state index contributed by atoms with van der Waals surface area (Å²) in [6.07, 6.45) is 1.36. The topological polar surface area (TPSA) is 95.1 Å². The number of amides is 3. The van der Waals surface area contributed by atoms with E-state index in [9.17, 15) is 14.4 Å². The Hall–Kier alpha value is -2.50. The van der Waals surface area contributed by atoms with Crippen LogP contribution >= 0.6 is 34.7 Å². The quantitative estimate of drug-likeness (QED) is 0.620. The zero-order valence-corrected chi connectivity index (χ0v) is 20.0. The van der Waals surface area contributed by atoms with E-state index < -0.39 is 11.6 Å². The van der Waals surface area contributed by atoms with Crippen LogP contribution in [0.4, 0.5) is 9.93 Å². The van der Waals surface area contributed by atoms with Crippen LogP contribution < -0.4 is 10.2 Å². The van der Waals surface area contributed by atoms with Crippen molar-refractivity contribution in [3.05, 3.63) is 40.4 Å². The molecule has 3 amide bonds. The van der Waals surface area contributed by atoms with Gasteiger partial charge in [0.2, 0.25) is 5.91 Å². The van der Waals surface area contributed by atoms with Crippen molar-refractivity contribution in [1.29, 1.82) is 0 Å². The number of thioether (sulfide) groups is 1. The van der Waals surface area contributed by atoms with Gasteiger partial charge in [-0.05, 0) is 18.2 Å². The number of rotatable bonds is 5. The van der Waals surface area contributed by atoms with Gasteiger partial charge in [0.25, 0.3) is 5.91 Å². The third kappa shape index (κ3) is 4.62. The minimum absolute atomic E-state index is 0.0268. The first kappa shape index (κ1) is 22.3. The van der Waals surface area contributed by atoms with E-state index in [0.29, 0.717) is 43.4 Å². The highest BCUT2D eigenvalue weighted by Crippen LogP contribution is 2.31. The van der Waals surface area contributed by atoms with E-state index in [1.165, 1.54) is 11.8 Å². The van der Waals surface area contributed by atoms with Crippen molar-refractivity contribution in [2.45, 2.75) is 10.4 Å². The number of ether oxygens (including phenoxy) is 1. The summed E-state index contributed by atoms with van der Waals surface area (Å²) >= 11 is 9.37. The lowest BCUT2D eigenvalue weighted by atomic mass is 9.92. The molecule has 4 heterocycles. The minimum Gasteiger partial charge on any atom is -0.447 e. The maximum Gasteiger partial charge on any atom is 0.407 e. The summed E-state index contributed by atoms with van der Waals surface area (Å²) in [6.45, 7) is 3.95. The highest BCUT2D eigenvalue weighted by Gasteiger charge is 2.50. The van der Waals surface area contributed by atoms with Gasteiger partial charge in [-0.3, -0.25) is 9.59 Å². The lowest BCUT2D eigenvalue weighted by molar-refractivity contribution is -0.136. The second-order valence-electron chi connectivity index (χ2n) is 8.26. The number of carbonyl (C=O) groups excluding carboxylic acids is 3. The Balaban J connectivity index is 1.12. The Labute approximate surface area is 204 Å². The molecular formula is C21H22ClN5O4S2. The molecule has 0 saturated carbocycles. The molecule has 1 spiro atoms. The summed E-state index contributed by atoms with van der Waals surface area (Å²) < 4.78 is 4.93. The van der Waals surface area contributed by atoms with Crippen LogP contribution in [0.1, 0.15) is 10.4 Å². The van der Waals surface area contributed by atoms with Crippen molar-refractivity contribution < 1.29 is 19.1 Å². The Kier molecular flexibility index (Phi) is 6.11. The Bertz CT molecular complexity index is 1070. The second kappa shape index (κ2) is 9.03. The van der Waals surface area contributed by atoms with Gasteiger partial charge in [0.05, 0.1) is 10.8 Å². The lowest BCUT2D eigenvalue weighted by Crippen LogP contribution is -2.70. The number of hydrogen-bond donors (Lipinski definition) is 1. The third-order valence-electron chi connectivity index (χ3n) is 5.97. The maximum absolute atomic E-state index is 12.9. The molecular weight excluding hydrogens is 486 g/mol. The van der Waals surface area contributed by atoms with E-state index in [4.69, 9.17) is 16.3 Å². The normalized spacial score (nSPS) is 19.3. The molecule has 3 fully saturated rings. The van der Waals surface area contributed by atoms with Crippen molar-refractivity contribution >= 4 is 57.7 Å². The van der Waals surface area contributed by atoms with Gasteiger partial charge < -0.3 is 24.8 Å². The summed E-state index contributed by atoms with van der Waals surface area (Å²) in [6, 6.07) is 5.23. The first-order valence-electron chi connectivity index (χ1n) is 10.5. The van der Waals surface area contributed by atoms with Crippen molar-refractivity contribution in [2.24, 2.45) is 0 Å². The standard InChI is InChI=1S/C21H22ClN5O4S2/c22-15-9-14(18(29)25-4-6-26(7-5-25)19-23-3-8-32-19)1-2-16(15)33-10-17(28)27-11-21(12-27)13-31-20(30)24-21/h1-3,8-9H,4-7,10-13H2,(H,24,30). The van der Waals surface area contributed by atoms with E-state index in [1.54, 1.807) is 40.6 Å². The monoisotopic (exact) mass is 507 g/mol. The highest BCUT2D eigenvalue weighted by atomic mass is 35.5. The van der Waals surface area contributed by atoms with Gasteiger partial charge in [-0.15, -0.1) is 23.1 Å². The molecule has 12 heteroatoms. The number of hydrogen-bond acceptors (Lipinski definition) is 8. The number of cyclic esters (lactones) is 1. The van der Waals surface area contributed by atoms with Gasteiger partial charge in [0.1, 0.15) is 12.1 Å². The Morgan fingerprint density at radius 1 is 1.21 bits per heavy atom. The molecule has 1 N–H and O–H groups in total. The molecule has 9 nitrogen and oxygen atoms in total. The van der Waals surface area contributed by atoms with Gasteiger partial charge in [-0.1, -0.05) is 11.6 Å². The third-order valence-corrected chi connectivity index (χ3v) is 8.29. The molecule has 0 unspecified atom stereocenters. The summed E-state index contributed by atoms with van der Waals surface area (Å²) in [5.74, 6) is 0.160. The zero-order valence-electron chi connectivity index (χ0n) is 17.7. The molecule has 0 radical (unpaired) electrons. The van der Waals surface area contributed by atoms with E-state index >= 15 is 0 Å². The maximum atomic E-state index is 12.9. The predicted octanol–water partition coefficient (Wildman–Crippen LogP) is 2.17. The molecule has 1 aromatic heterocycles. The number of benzene rings is 1. The molecule has 5 rings (SSSR count). The molecule has 0 aliphatic carbocycles. The number of nitrogens with one attached hydrogen (secondary N) is 1. The van der Waals surface area contributed by atoms with Crippen LogP contribution in [0.15, 0.2) is 34.7 Å². The van der Waals surface area contributed by atoms with E-state index in [2.05, 4.69) is 15.2 Å². The number of anilines is 1. The summed E-state index contributed by atoms with van der Waals surface area (Å²) in [5, 5.41) is 6.15. The molecule has 3 aliphatic rings. The Morgan fingerprint density at radius 2 is 2.00 bits per heavy atom. The van der Waals surface area contributed by atoms with Crippen LogP contribution in [0.5, 0.6) is 0 Å². The Morgan fingerprint density at radius 3 is 2.64 bits per heavy atom. The van der Waals surface area contributed by atoms with Gasteiger partial charge in [0, 0.05) is 61.3 Å². The smallest absolute Gasteiger partial charge is 0.407 e. The van der Waals surface area contributed by atoms with Gasteiger partial charge >= 0.3 is 6.09 Å². The van der Waals surface area contributed by atoms with Gasteiger partial charge in [-0.25, -0.2) is 9.78 Å². The summed E-state index contributed by atoms with van der Waals surface area (Å²) in [4.78, 5) is 47.4. The van der Waals surface area contributed by atoms with Crippen molar-refractivity contribution in [2.75, 3.05) is 56.5 Å². The van der Waals surface area contributed by atoms with Crippen molar-refractivity contribution in [3.8, 4) is 0 Å². The fourth-order valence-corrected chi connectivity index (χ4v) is 6.02. The molecule has 3 saturated heterocycles. The highest BCUT2D eigenvalue weighted by molar-refractivity contribution is 8.00. The first-order chi connectivity index (χ1) is 15.9. The molecule has 2 aromatic rings. The summed E-state index contributed by atoms with van der Waals surface area (Å²) in [5.41, 5.74) is 0.114. The van der Waals surface area contributed by atoms with E-state index in [0.717, 1.165) is 23.1 Å². The molecule has 1 aromatic carbocycles. The van der Waals surface area contributed by atoms with Crippen LogP contribution in [-0.4, -0.2) is 89.9 Å². The predicted molar refractivity (Wildman–Crippen MR) is 126 cm³/mol. The lowest BCUT2D eigenvalue weighted by Gasteiger charge is -2.45. The first-order valence-corrected chi connectivity index (χ1v) is 12.8. The molecule has 33 heavy (non-hydrogen) atoms. The average molecular weight is 508 g/mol. The number of likely N-dealkylation sites (tertiary alicyclic amines) is 1. The van der Waals surface area contributed by atoms with Crippen LogP contribution in [0.2, 0.25) is 5.02 Å². The molecule has 174 valence electrons. The molecule has 3 aliphatic heterocycles.